The van der Waals surface area contributed by atoms with E-state index >= 15 is 0 Å². The predicted octanol–water partition coefficient (Wildman–Crippen LogP) is 0.908. The normalized spacial score (nSPS) is 21.3. The van der Waals surface area contributed by atoms with Gasteiger partial charge >= 0.3 is 5.97 Å². The number of carbonyl (C=O) groups excluding carboxylic acids is 1. The van der Waals surface area contributed by atoms with E-state index in [0.717, 1.165) is 17.0 Å². The summed E-state index contributed by atoms with van der Waals surface area (Å²) >= 11 is 5.85. The van der Waals surface area contributed by atoms with Crippen LogP contribution in [0.3, 0.4) is 0 Å². The summed E-state index contributed by atoms with van der Waals surface area (Å²) in [5.41, 5.74) is -0.310. The molecule has 1 saturated heterocycles. The molecule has 2 rings (SSSR count). The van der Waals surface area contributed by atoms with Crippen LogP contribution in [0.4, 0.5) is 5.69 Å². The minimum absolute atomic E-state index is 0.0392. The second kappa shape index (κ2) is 5.66. The van der Waals surface area contributed by atoms with Gasteiger partial charge in [0, 0.05) is 25.1 Å². The number of carboxylic acid groups (broad SMARTS) is 1. The van der Waals surface area contributed by atoms with Crippen LogP contribution in [0.2, 0.25) is 5.02 Å². The van der Waals surface area contributed by atoms with Crippen molar-refractivity contribution in [2.45, 2.75) is 18.6 Å². The summed E-state index contributed by atoms with van der Waals surface area (Å²) in [5, 5.41) is 29.1. The molecule has 1 aliphatic heterocycles. The number of amides is 1. The zero-order chi connectivity index (χ0) is 15.7. The lowest BCUT2D eigenvalue weighted by Gasteiger charge is -2.21. The monoisotopic (exact) mass is 314 g/mol. The van der Waals surface area contributed by atoms with E-state index in [1.807, 2.05) is 0 Å². The van der Waals surface area contributed by atoms with Gasteiger partial charge < -0.3 is 15.1 Å². The minimum Gasteiger partial charge on any atom is -0.480 e. The molecule has 1 aliphatic rings. The molecule has 1 heterocycles. The molecule has 9 heteroatoms. The fraction of sp³-hybridized carbons (Fsp3) is 0.333. The number of carbonyl (C=O) groups is 2. The molecule has 2 atom stereocenters. The molecule has 8 nitrogen and oxygen atoms in total. The molecule has 0 radical (unpaired) electrons. The molecule has 0 spiro atoms. The highest BCUT2D eigenvalue weighted by atomic mass is 35.5. The lowest BCUT2D eigenvalue weighted by molar-refractivity contribution is -0.384. The molecular formula is C12H11ClN2O6. The lowest BCUT2D eigenvalue weighted by Crippen LogP contribution is -2.40. The predicted molar refractivity (Wildman–Crippen MR) is 71.2 cm³/mol. The molecule has 21 heavy (non-hydrogen) atoms. The summed E-state index contributed by atoms with van der Waals surface area (Å²) in [7, 11) is 0. The van der Waals surface area contributed by atoms with Crippen molar-refractivity contribution >= 4 is 29.2 Å². The summed E-state index contributed by atoms with van der Waals surface area (Å²) < 4.78 is 0. The summed E-state index contributed by atoms with van der Waals surface area (Å²) in [5.74, 6) is -1.91. The van der Waals surface area contributed by atoms with Crippen LogP contribution in [-0.2, 0) is 4.79 Å². The Hall–Kier alpha value is -2.19. The number of β-amino-alcohol motifs (C(OH)–C–C–N with tert-alkyl or cyclic N) is 1. The molecule has 0 saturated carbocycles. The van der Waals surface area contributed by atoms with E-state index in [2.05, 4.69) is 0 Å². The van der Waals surface area contributed by atoms with Gasteiger partial charge in [-0.25, -0.2) is 4.79 Å². The van der Waals surface area contributed by atoms with Crippen molar-refractivity contribution < 1.29 is 24.7 Å². The average Bonchev–Trinajstić information content (AvgIpc) is 2.80. The number of aliphatic hydroxyl groups is 1. The number of nitrogens with zero attached hydrogens (tertiary/aromatic N) is 2. The maximum atomic E-state index is 12.3. The largest absolute Gasteiger partial charge is 0.480 e. The Balaban J connectivity index is 2.31. The first-order chi connectivity index (χ1) is 9.81. The Morgan fingerprint density at radius 3 is 2.62 bits per heavy atom. The maximum Gasteiger partial charge on any atom is 0.326 e. The van der Waals surface area contributed by atoms with Gasteiger partial charge in [-0.05, 0) is 6.07 Å². The third-order valence-electron chi connectivity index (χ3n) is 3.22. The minimum atomic E-state index is -1.22. The van der Waals surface area contributed by atoms with E-state index in [1.165, 1.54) is 6.07 Å². The van der Waals surface area contributed by atoms with Gasteiger partial charge in [-0.3, -0.25) is 14.9 Å². The lowest BCUT2D eigenvalue weighted by atomic mass is 10.1. The van der Waals surface area contributed by atoms with Crippen molar-refractivity contribution in [2.75, 3.05) is 6.54 Å². The molecule has 2 N–H and O–H groups in total. The third kappa shape index (κ3) is 2.96. The van der Waals surface area contributed by atoms with E-state index in [-0.39, 0.29) is 29.2 Å². The highest BCUT2D eigenvalue weighted by molar-refractivity contribution is 6.34. The Morgan fingerprint density at radius 2 is 2.10 bits per heavy atom. The van der Waals surface area contributed by atoms with Crippen molar-refractivity contribution in [3.05, 3.63) is 38.9 Å². The van der Waals surface area contributed by atoms with Crippen LogP contribution in [0.15, 0.2) is 18.2 Å². The van der Waals surface area contributed by atoms with Gasteiger partial charge in [-0.1, -0.05) is 11.6 Å². The van der Waals surface area contributed by atoms with Gasteiger partial charge in [0.2, 0.25) is 0 Å². The van der Waals surface area contributed by atoms with Crippen LogP contribution in [0.5, 0.6) is 0 Å². The molecule has 0 unspecified atom stereocenters. The third-order valence-corrected chi connectivity index (χ3v) is 3.53. The topological polar surface area (TPSA) is 121 Å². The van der Waals surface area contributed by atoms with Gasteiger partial charge in [0.05, 0.1) is 21.6 Å². The van der Waals surface area contributed by atoms with Crippen LogP contribution >= 0.6 is 11.6 Å². The number of nitro benzene ring substituents is 1. The van der Waals surface area contributed by atoms with Gasteiger partial charge in [0.1, 0.15) is 6.04 Å². The number of aliphatic carboxylic acids is 1. The van der Waals surface area contributed by atoms with Crippen LogP contribution < -0.4 is 0 Å². The van der Waals surface area contributed by atoms with Crippen LogP contribution in [0.1, 0.15) is 16.8 Å². The highest BCUT2D eigenvalue weighted by Crippen LogP contribution is 2.27. The Labute approximate surface area is 123 Å². The van der Waals surface area contributed by atoms with E-state index < -0.39 is 28.9 Å². The molecular weight excluding hydrogens is 304 g/mol. The van der Waals surface area contributed by atoms with E-state index in [0.29, 0.717) is 0 Å². The van der Waals surface area contributed by atoms with Crippen molar-refractivity contribution in [3.8, 4) is 0 Å². The van der Waals surface area contributed by atoms with Crippen LogP contribution in [-0.4, -0.2) is 50.6 Å². The number of nitro groups is 1. The summed E-state index contributed by atoms with van der Waals surface area (Å²) in [6.07, 6.45) is -0.988. The quantitative estimate of drug-likeness (QED) is 0.631. The molecule has 0 aliphatic carbocycles. The maximum absolute atomic E-state index is 12.3. The Bertz CT molecular complexity index is 620. The van der Waals surface area contributed by atoms with Gasteiger partial charge in [0.15, 0.2) is 0 Å². The number of benzene rings is 1. The number of halogens is 1. The van der Waals surface area contributed by atoms with Gasteiger partial charge in [0.25, 0.3) is 11.6 Å². The van der Waals surface area contributed by atoms with Crippen molar-refractivity contribution in [1.29, 1.82) is 0 Å². The van der Waals surface area contributed by atoms with Crippen molar-refractivity contribution in [3.63, 3.8) is 0 Å². The van der Waals surface area contributed by atoms with E-state index in [1.54, 1.807) is 0 Å². The number of aliphatic hydroxyl groups excluding tert-OH is 1. The number of non-ortho nitro benzene ring substituents is 1. The summed E-state index contributed by atoms with van der Waals surface area (Å²) in [6, 6.07) is 2.17. The van der Waals surface area contributed by atoms with E-state index in [9.17, 15) is 24.8 Å². The highest BCUT2D eigenvalue weighted by Gasteiger charge is 2.39. The number of rotatable bonds is 3. The number of carboxylic acids is 1. The molecule has 1 aromatic rings. The fourth-order valence-electron chi connectivity index (χ4n) is 2.22. The average molecular weight is 315 g/mol. The zero-order valence-electron chi connectivity index (χ0n) is 10.6. The van der Waals surface area contributed by atoms with Gasteiger partial charge in [-0.2, -0.15) is 0 Å². The molecule has 0 aromatic heterocycles. The van der Waals surface area contributed by atoms with E-state index in [4.69, 9.17) is 16.7 Å². The van der Waals surface area contributed by atoms with Crippen molar-refractivity contribution in [2.24, 2.45) is 0 Å². The Kier molecular flexibility index (Phi) is 4.10. The SMILES string of the molecule is O=C(O)[C@@H]1C[C@@H](O)CN1C(=O)c1ccc([N+](=O)[O-])cc1Cl. The fourth-order valence-corrected chi connectivity index (χ4v) is 2.47. The summed E-state index contributed by atoms with van der Waals surface area (Å²) in [4.78, 5) is 34.4. The molecule has 112 valence electrons. The Morgan fingerprint density at radius 1 is 1.43 bits per heavy atom. The zero-order valence-corrected chi connectivity index (χ0v) is 11.4. The number of hydrogen-bond donors (Lipinski definition) is 2. The number of hydrogen-bond acceptors (Lipinski definition) is 5. The molecule has 1 aromatic carbocycles. The van der Waals surface area contributed by atoms with Crippen molar-refractivity contribution in [1.82, 2.24) is 4.90 Å². The van der Waals surface area contributed by atoms with Crippen LogP contribution in [0, 0.1) is 10.1 Å². The first-order valence-corrected chi connectivity index (χ1v) is 6.35. The van der Waals surface area contributed by atoms with Crippen LogP contribution in [0.25, 0.3) is 0 Å². The number of likely N-dealkylation sites (tertiary alicyclic amines) is 1. The first kappa shape index (κ1) is 15.2. The smallest absolute Gasteiger partial charge is 0.326 e. The van der Waals surface area contributed by atoms with Gasteiger partial charge in [-0.15, -0.1) is 0 Å². The molecule has 1 fully saturated rings. The molecule has 1 amide bonds. The second-order valence-electron chi connectivity index (χ2n) is 4.62. The summed E-state index contributed by atoms with van der Waals surface area (Å²) in [6.45, 7) is -0.122. The second-order valence-corrected chi connectivity index (χ2v) is 5.03. The molecule has 0 bridgehead atoms. The first-order valence-electron chi connectivity index (χ1n) is 5.97. The standard InChI is InChI=1S/C12H11ClN2O6/c13-9-3-6(15(20)21)1-2-8(9)11(17)14-5-7(16)4-10(14)12(18)19/h1-3,7,10,16H,4-5H2,(H,18,19)/t7-,10+/m1/s1.